The monoisotopic (exact) mass is 454 g/mol. The SMILES string of the molecule is CN(C)CCNC(C1=CNC(c2cccc(Oc3ccc4[nH]ccc4n3)c2)N1)c1ccccc1. The molecule has 0 spiro atoms. The molecule has 5 rings (SSSR count). The normalized spacial score (nSPS) is 16.2. The molecule has 1 aliphatic rings. The molecule has 3 heterocycles. The molecule has 0 amide bonds. The van der Waals surface area contributed by atoms with E-state index >= 15 is 0 Å². The van der Waals surface area contributed by atoms with Crippen LogP contribution < -0.4 is 20.7 Å². The van der Waals surface area contributed by atoms with Gasteiger partial charge in [0, 0.05) is 31.6 Å². The van der Waals surface area contributed by atoms with Crippen LogP contribution in [0.4, 0.5) is 0 Å². The van der Waals surface area contributed by atoms with E-state index in [2.05, 4.69) is 81.4 Å². The summed E-state index contributed by atoms with van der Waals surface area (Å²) in [5.41, 5.74) is 5.31. The first-order chi connectivity index (χ1) is 16.7. The quantitative estimate of drug-likeness (QED) is 0.302. The number of benzene rings is 2. The average Bonchev–Trinajstić information content (AvgIpc) is 3.52. The summed E-state index contributed by atoms with van der Waals surface area (Å²) in [6, 6.07) is 24.5. The Morgan fingerprint density at radius 3 is 2.76 bits per heavy atom. The molecule has 2 aromatic heterocycles. The Balaban J connectivity index is 1.29. The third-order valence-electron chi connectivity index (χ3n) is 5.86. The molecule has 1 aliphatic heterocycles. The van der Waals surface area contributed by atoms with Crippen molar-refractivity contribution in [2.45, 2.75) is 12.2 Å². The third-order valence-corrected chi connectivity index (χ3v) is 5.86. The van der Waals surface area contributed by atoms with Crippen LogP contribution in [0.15, 0.2) is 90.9 Å². The maximum absolute atomic E-state index is 6.06. The van der Waals surface area contributed by atoms with E-state index in [9.17, 15) is 0 Å². The molecule has 7 heteroatoms. The van der Waals surface area contributed by atoms with Crippen molar-refractivity contribution in [3.63, 3.8) is 0 Å². The minimum Gasteiger partial charge on any atom is -0.439 e. The largest absolute Gasteiger partial charge is 0.439 e. The number of rotatable bonds is 9. The van der Waals surface area contributed by atoms with Crippen molar-refractivity contribution in [2.24, 2.45) is 0 Å². The van der Waals surface area contributed by atoms with Gasteiger partial charge in [0.2, 0.25) is 5.88 Å². The number of pyridine rings is 1. The lowest BCUT2D eigenvalue weighted by Gasteiger charge is -2.23. The molecule has 34 heavy (non-hydrogen) atoms. The van der Waals surface area contributed by atoms with E-state index in [1.165, 1.54) is 5.56 Å². The van der Waals surface area contributed by atoms with Crippen LogP contribution in [0.25, 0.3) is 11.0 Å². The molecule has 0 saturated carbocycles. The molecule has 0 aliphatic carbocycles. The molecular weight excluding hydrogens is 424 g/mol. The van der Waals surface area contributed by atoms with Gasteiger partial charge >= 0.3 is 0 Å². The number of hydrogen-bond donors (Lipinski definition) is 4. The fraction of sp³-hybridized carbons (Fsp3) is 0.222. The minimum atomic E-state index is -0.0412. The summed E-state index contributed by atoms with van der Waals surface area (Å²) in [5, 5.41) is 10.8. The number of ether oxygens (including phenoxy) is 1. The number of H-pyrrole nitrogens is 1. The minimum absolute atomic E-state index is 0.0412. The van der Waals surface area contributed by atoms with Gasteiger partial charge in [0.1, 0.15) is 11.9 Å². The lowest BCUT2D eigenvalue weighted by Crippen LogP contribution is -2.34. The van der Waals surface area contributed by atoms with Crippen LogP contribution in [-0.4, -0.2) is 42.1 Å². The Labute approximate surface area is 199 Å². The highest BCUT2D eigenvalue weighted by Crippen LogP contribution is 2.29. The van der Waals surface area contributed by atoms with E-state index in [4.69, 9.17) is 4.74 Å². The molecule has 0 bridgehead atoms. The van der Waals surface area contributed by atoms with E-state index in [1.807, 2.05) is 48.7 Å². The first-order valence-electron chi connectivity index (χ1n) is 11.5. The van der Waals surface area contributed by atoms with Crippen molar-refractivity contribution in [1.82, 2.24) is 30.8 Å². The van der Waals surface area contributed by atoms with Crippen LogP contribution in [0, 0.1) is 0 Å². The second-order valence-electron chi connectivity index (χ2n) is 8.68. The molecule has 174 valence electrons. The molecule has 2 atom stereocenters. The Morgan fingerprint density at radius 1 is 1.03 bits per heavy atom. The summed E-state index contributed by atoms with van der Waals surface area (Å²) < 4.78 is 6.06. The Morgan fingerprint density at radius 2 is 1.91 bits per heavy atom. The lowest BCUT2D eigenvalue weighted by atomic mass is 10.0. The lowest BCUT2D eigenvalue weighted by molar-refractivity contribution is 0.389. The van der Waals surface area contributed by atoms with Crippen LogP contribution in [0.5, 0.6) is 11.6 Å². The Bertz CT molecular complexity index is 1270. The van der Waals surface area contributed by atoms with Crippen molar-refractivity contribution in [3.05, 3.63) is 102 Å². The van der Waals surface area contributed by atoms with Gasteiger partial charge in [-0.25, -0.2) is 4.98 Å². The number of aromatic nitrogens is 2. The molecule has 0 saturated heterocycles. The maximum Gasteiger partial charge on any atom is 0.219 e. The van der Waals surface area contributed by atoms with Crippen LogP contribution in [0.2, 0.25) is 0 Å². The predicted molar refractivity (Wildman–Crippen MR) is 135 cm³/mol. The highest BCUT2D eigenvalue weighted by atomic mass is 16.5. The standard InChI is InChI=1S/C27H30N6O/c1-33(2)16-15-29-26(19-7-4-3-5-8-19)24-18-30-27(32-24)20-9-6-10-21(17-20)34-25-12-11-22-23(31-25)13-14-28-22/h3-14,17-18,26-30,32H,15-16H2,1-2H3. The summed E-state index contributed by atoms with van der Waals surface area (Å²) in [7, 11) is 4.18. The van der Waals surface area contributed by atoms with Crippen LogP contribution >= 0.6 is 0 Å². The van der Waals surface area contributed by atoms with Crippen molar-refractivity contribution < 1.29 is 4.74 Å². The van der Waals surface area contributed by atoms with Gasteiger partial charge in [0.05, 0.1) is 22.8 Å². The molecule has 7 nitrogen and oxygen atoms in total. The van der Waals surface area contributed by atoms with Crippen LogP contribution in [0.1, 0.15) is 23.3 Å². The summed E-state index contributed by atoms with van der Waals surface area (Å²) in [6.07, 6.45) is 3.91. The van der Waals surface area contributed by atoms with Crippen LogP contribution in [-0.2, 0) is 0 Å². The number of nitrogens with one attached hydrogen (secondary N) is 4. The zero-order valence-corrected chi connectivity index (χ0v) is 19.5. The molecule has 4 aromatic rings. The number of fused-ring (bicyclic) bond motifs is 1. The molecule has 4 N–H and O–H groups in total. The van der Waals surface area contributed by atoms with Gasteiger partial charge in [-0.15, -0.1) is 0 Å². The average molecular weight is 455 g/mol. The fourth-order valence-electron chi connectivity index (χ4n) is 4.11. The predicted octanol–water partition coefficient (Wildman–Crippen LogP) is 4.28. The van der Waals surface area contributed by atoms with E-state index < -0.39 is 0 Å². The highest BCUT2D eigenvalue weighted by Gasteiger charge is 2.24. The Kier molecular flexibility index (Phi) is 6.46. The number of likely N-dealkylation sites (N-methyl/N-ethyl adjacent to an activating group) is 1. The molecular formula is C27H30N6O. The zero-order valence-electron chi connectivity index (χ0n) is 19.5. The summed E-state index contributed by atoms with van der Waals surface area (Å²) in [6.45, 7) is 1.85. The summed E-state index contributed by atoms with van der Waals surface area (Å²) in [5.74, 6) is 1.32. The second kappa shape index (κ2) is 9.99. The van der Waals surface area contributed by atoms with Crippen molar-refractivity contribution in [2.75, 3.05) is 27.2 Å². The second-order valence-corrected chi connectivity index (χ2v) is 8.68. The van der Waals surface area contributed by atoms with Gasteiger partial charge in [-0.3, -0.25) is 0 Å². The van der Waals surface area contributed by atoms with Gasteiger partial charge < -0.3 is 30.6 Å². The maximum atomic E-state index is 6.06. The van der Waals surface area contributed by atoms with Gasteiger partial charge in [-0.05, 0) is 49.5 Å². The molecule has 0 radical (unpaired) electrons. The smallest absolute Gasteiger partial charge is 0.219 e. The van der Waals surface area contributed by atoms with Crippen molar-refractivity contribution in [3.8, 4) is 11.6 Å². The van der Waals surface area contributed by atoms with Gasteiger partial charge in [-0.1, -0.05) is 42.5 Å². The van der Waals surface area contributed by atoms with Crippen molar-refractivity contribution in [1.29, 1.82) is 0 Å². The fourth-order valence-corrected chi connectivity index (χ4v) is 4.11. The van der Waals surface area contributed by atoms with E-state index in [-0.39, 0.29) is 12.2 Å². The molecule has 2 unspecified atom stereocenters. The molecule has 2 aromatic carbocycles. The number of aromatic amines is 1. The zero-order chi connectivity index (χ0) is 23.3. The van der Waals surface area contributed by atoms with E-state index in [0.29, 0.717) is 5.88 Å². The first kappa shape index (κ1) is 22.0. The third kappa shape index (κ3) is 5.06. The van der Waals surface area contributed by atoms with Crippen molar-refractivity contribution >= 4 is 11.0 Å². The first-order valence-corrected chi connectivity index (χ1v) is 11.5. The Hall–Kier alpha value is -3.81. The van der Waals surface area contributed by atoms with Gasteiger partial charge in [0.15, 0.2) is 0 Å². The van der Waals surface area contributed by atoms with Gasteiger partial charge in [-0.2, -0.15) is 0 Å². The number of hydrogen-bond acceptors (Lipinski definition) is 6. The highest BCUT2D eigenvalue weighted by molar-refractivity contribution is 5.75. The number of nitrogens with zero attached hydrogens (tertiary/aromatic N) is 2. The summed E-state index contributed by atoms with van der Waals surface area (Å²) >= 11 is 0. The van der Waals surface area contributed by atoms with Gasteiger partial charge in [0.25, 0.3) is 0 Å². The van der Waals surface area contributed by atoms with E-state index in [1.54, 1.807) is 0 Å². The van der Waals surface area contributed by atoms with Crippen LogP contribution in [0.3, 0.4) is 0 Å². The molecule has 0 fully saturated rings. The topological polar surface area (TPSA) is 77.2 Å². The summed E-state index contributed by atoms with van der Waals surface area (Å²) in [4.78, 5) is 9.89. The van der Waals surface area contributed by atoms with E-state index in [0.717, 1.165) is 41.1 Å².